The van der Waals surface area contributed by atoms with E-state index in [1.165, 1.54) is 31.8 Å². The molecule has 1 saturated heterocycles. The highest BCUT2D eigenvalue weighted by molar-refractivity contribution is 5.65. The predicted molar refractivity (Wildman–Crippen MR) is 97.8 cm³/mol. The summed E-state index contributed by atoms with van der Waals surface area (Å²) in [6.07, 6.45) is 8.30. The van der Waals surface area contributed by atoms with E-state index in [0.29, 0.717) is 11.3 Å². The van der Waals surface area contributed by atoms with Gasteiger partial charge in [-0.25, -0.2) is 0 Å². The molecule has 2 heterocycles. The Hall–Kier alpha value is -1.59. The lowest BCUT2D eigenvalue weighted by Crippen LogP contribution is -2.27. The van der Waals surface area contributed by atoms with Gasteiger partial charge in [0.15, 0.2) is 5.76 Å². The van der Waals surface area contributed by atoms with E-state index in [1.807, 2.05) is 0 Å². The lowest BCUT2D eigenvalue weighted by atomic mass is 9.92. The third-order valence-corrected chi connectivity index (χ3v) is 4.28. The van der Waals surface area contributed by atoms with Crippen molar-refractivity contribution in [3.05, 3.63) is 35.9 Å². The van der Waals surface area contributed by atoms with Gasteiger partial charge < -0.3 is 20.1 Å². The maximum absolute atomic E-state index is 9.62. The summed E-state index contributed by atoms with van der Waals surface area (Å²) in [5, 5.41) is 26.2. The summed E-state index contributed by atoms with van der Waals surface area (Å²) in [5.41, 5.74) is 1.18. The van der Waals surface area contributed by atoms with Crippen molar-refractivity contribution in [1.82, 2.24) is 10.5 Å². The number of nitrogens with zero attached hydrogens (tertiary/aromatic N) is 1. The second-order valence-corrected chi connectivity index (χ2v) is 6.14. The van der Waals surface area contributed by atoms with Crippen LogP contribution < -0.4 is 5.32 Å². The van der Waals surface area contributed by atoms with Crippen molar-refractivity contribution < 1.29 is 14.7 Å². The quantitative estimate of drug-likeness (QED) is 0.520. The van der Waals surface area contributed by atoms with Crippen LogP contribution in [0, 0.1) is 5.92 Å². The van der Waals surface area contributed by atoms with Crippen molar-refractivity contribution in [3.63, 3.8) is 0 Å². The number of hydrogen-bond acceptors (Lipinski definition) is 5. The summed E-state index contributed by atoms with van der Waals surface area (Å²) in [4.78, 5) is 0. The second kappa shape index (κ2) is 11.9. The molecule has 3 N–H and O–H groups in total. The van der Waals surface area contributed by atoms with Gasteiger partial charge in [-0.05, 0) is 50.8 Å². The molecule has 0 bridgehead atoms. The van der Waals surface area contributed by atoms with Crippen molar-refractivity contribution in [3.8, 4) is 0 Å². The highest BCUT2D eigenvalue weighted by Gasteiger charge is 2.16. The first-order valence-corrected chi connectivity index (χ1v) is 8.98. The molecule has 0 aliphatic carbocycles. The van der Waals surface area contributed by atoms with Crippen LogP contribution in [0.3, 0.4) is 0 Å². The molecule has 0 unspecified atom stereocenters. The number of aryl methyl sites for hydroxylation is 1. The van der Waals surface area contributed by atoms with Crippen molar-refractivity contribution in [2.45, 2.75) is 52.4 Å². The fourth-order valence-corrected chi connectivity index (χ4v) is 2.50. The van der Waals surface area contributed by atoms with Crippen molar-refractivity contribution in [2.24, 2.45) is 5.92 Å². The summed E-state index contributed by atoms with van der Waals surface area (Å²) in [7, 11) is 0. The molecule has 1 aromatic heterocycles. The SMILES string of the molecule is C=C/C(O)=C(/CO)c1cc(CCC2CCNCC2)no1.CCCC. The van der Waals surface area contributed by atoms with Crippen LogP contribution in [0.25, 0.3) is 5.57 Å². The number of nitrogens with one attached hydrogen (secondary N) is 1. The normalized spacial score (nSPS) is 16.1. The molecular weight excluding hydrogens is 304 g/mol. The monoisotopic (exact) mass is 336 g/mol. The molecular formula is C19H32N2O3. The molecule has 0 spiro atoms. The molecule has 1 aromatic rings. The minimum atomic E-state index is -0.305. The summed E-state index contributed by atoms with van der Waals surface area (Å²) >= 11 is 0. The number of aliphatic hydroxyl groups excluding tert-OH is 2. The molecule has 136 valence electrons. The number of aliphatic hydroxyl groups is 2. The number of aromatic nitrogens is 1. The molecule has 1 aliphatic heterocycles. The fraction of sp³-hybridized carbons (Fsp3) is 0.632. The Labute approximate surface area is 145 Å². The van der Waals surface area contributed by atoms with Crippen LogP contribution in [0.4, 0.5) is 0 Å². The number of unbranched alkanes of at least 4 members (excludes halogenated alkanes) is 1. The Balaban J connectivity index is 0.000000648. The Morgan fingerprint density at radius 1 is 1.38 bits per heavy atom. The fourth-order valence-electron chi connectivity index (χ4n) is 2.50. The van der Waals surface area contributed by atoms with Crippen molar-refractivity contribution in [1.29, 1.82) is 0 Å². The van der Waals surface area contributed by atoms with Gasteiger partial charge in [-0.3, -0.25) is 0 Å². The zero-order valence-corrected chi connectivity index (χ0v) is 15.1. The average molecular weight is 336 g/mol. The van der Waals surface area contributed by atoms with Crippen LogP contribution in [-0.2, 0) is 6.42 Å². The standard InChI is InChI=1S/C15H22N2O3.C4H10/c1-2-14(19)13(10-18)15-9-12(17-20-15)4-3-11-5-7-16-8-6-11;1-3-4-2/h2,9,11,16,18-19H,1,3-8,10H2;3-4H2,1-2H3/b14-13+;. The van der Waals surface area contributed by atoms with Gasteiger partial charge in [0.25, 0.3) is 0 Å². The van der Waals surface area contributed by atoms with Crippen LogP contribution in [0.15, 0.2) is 29.0 Å². The van der Waals surface area contributed by atoms with E-state index in [4.69, 9.17) is 4.52 Å². The first-order chi connectivity index (χ1) is 11.7. The Kier molecular flexibility index (Phi) is 10.1. The van der Waals surface area contributed by atoms with Gasteiger partial charge in [-0.1, -0.05) is 38.4 Å². The predicted octanol–water partition coefficient (Wildman–Crippen LogP) is 3.86. The van der Waals surface area contributed by atoms with E-state index in [0.717, 1.165) is 37.5 Å². The van der Waals surface area contributed by atoms with Gasteiger partial charge >= 0.3 is 0 Å². The zero-order valence-electron chi connectivity index (χ0n) is 15.1. The molecule has 24 heavy (non-hydrogen) atoms. The van der Waals surface area contributed by atoms with E-state index in [9.17, 15) is 10.2 Å². The highest BCUT2D eigenvalue weighted by Crippen LogP contribution is 2.22. The highest BCUT2D eigenvalue weighted by atomic mass is 16.5. The Morgan fingerprint density at radius 2 is 2.04 bits per heavy atom. The second-order valence-electron chi connectivity index (χ2n) is 6.14. The number of allylic oxidation sites excluding steroid dienone is 1. The van der Waals surface area contributed by atoms with Crippen molar-refractivity contribution >= 4 is 5.57 Å². The van der Waals surface area contributed by atoms with E-state index in [2.05, 4.69) is 30.9 Å². The lowest BCUT2D eigenvalue weighted by Gasteiger charge is -2.21. The van der Waals surface area contributed by atoms with Crippen LogP contribution in [0.5, 0.6) is 0 Å². The van der Waals surface area contributed by atoms with Crippen LogP contribution in [0.1, 0.15) is 57.4 Å². The summed E-state index contributed by atoms with van der Waals surface area (Å²) in [6.45, 7) is 9.72. The molecule has 1 fully saturated rings. The number of hydrogen-bond donors (Lipinski definition) is 3. The van der Waals surface area contributed by atoms with Crippen LogP contribution in [0.2, 0.25) is 0 Å². The number of rotatable bonds is 7. The molecule has 0 saturated carbocycles. The maximum atomic E-state index is 9.62. The Bertz CT molecular complexity index is 500. The topological polar surface area (TPSA) is 78.5 Å². The summed E-state index contributed by atoms with van der Waals surface area (Å²) < 4.78 is 5.19. The van der Waals surface area contributed by atoms with E-state index in [-0.39, 0.29) is 12.4 Å². The first-order valence-electron chi connectivity index (χ1n) is 8.98. The zero-order chi connectivity index (χ0) is 17.8. The minimum Gasteiger partial charge on any atom is -0.507 e. The summed E-state index contributed by atoms with van der Waals surface area (Å²) in [6, 6.07) is 1.78. The van der Waals surface area contributed by atoms with Crippen LogP contribution in [-0.4, -0.2) is 35.1 Å². The van der Waals surface area contributed by atoms with Gasteiger partial charge in [0, 0.05) is 6.07 Å². The lowest BCUT2D eigenvalue weighted by molar-refractivity contribution is 0.328. The van der Waals surface area contributed by atoms with E-state index in [1.54, 1.807) is 6.07 Å². The molecule has 0 amide bonds. The first kappa shape index (κ1) is 20.5. The van der Waals surface area contributed by atoms with Crippen LogP contribution >= 0.6 is 0 Å². The average Bonchev–Trinajstić information content (AvgIpc) is 3.10. The van der Waals surface area contributed by atoms with E-state index >= 15 is 0 Å². The molecule has 1 aliphatic rings. The van der Waals surface area contributed by atoms with Gasteiger partial charge in [0.1, 0.15) is 5.76 Å². The van der Waals surface area contributed by atoms with Gasteiger partial charge in [-0.2, -0.15) is 0 Å². The molecule has 5 heteroatoms. The van der Waals surface area contributed by atoms with Gasteiger partial charge in [0.05, 0.1) is 17.9 Å². The molecule has 5 nitrogen and oxygen atoms in total. The largest absolute Gasteiger partial charge is 0.507 e. The van der Waals surface area contributed by atoms with E-state index < -0.39 is 0 Å². The third-order valence-electron chi connectivity index (χ3n) is 4.28. The summed E-state index contributed by atoms with van der Waals surface area (Å²) in [5.74, 6) is 1.07. The maximum Gasteiger partial charge on any atom is 0.169 e. The Morgan fingerprint density at radius 3 is 2.58 bits per heavy atom. The smallest absolute Gasteiger partial charge is 0.169 e. The van der Waals surface area contributed by atoms with Gasteiger partial charge in [0.2, 0.25) is 0 Å². The minimum absolute atomic E-state index is 0.0754. The number of piperidine rings is 1. The third kappa shape index (κ3) is 6.89. The van der Waals surface area contributed by atoms with Gasteiger partial charge in [-0.15, -0.1) is 0 Å². The molecule has 0 aromatic carbocycles. The molecule has 0 atom stereocenters. The molecule has 2 rings (SSSR count). The molecule has 0 radical (unpaired) electrons. The van der Waals surface area contributed by atoms with Crippen molar-refractivity contribution in [2.75, 3.05) is 19.7 Å².